The number of benzene rings is 1. The maximum absolute atomic E-state index is 12.5. The van der Waals surface area contributed by atoms with Crippen molar-refractivity contribution in [3.8, 4) is 0 Å². The number of anilines is 1. The summed E-state index contributed by atoms with van der Waals surface area (Å²) < 4.78 is 0. The second-order valence-electron chi connectivity index (χ2n) is 5.64. The van der Waals surface area contributed by atoms with Crippen LogP contribution in [0.4, 0.5) is 5.69 Å². The Morgan fingerprint density at radius 1 is 1.32 bits per heavy atom. The van der Waals surface area contributed by atoms with Crippen LogP contribution in [0.5, 0.6) is 0 Å². The maximum atomic E-state index is 12.5. The van der Waals surface area contributed by atoms with Gasteiger partial charge in [-0.05, 0) is 56.2 Å². The van der Waals surface area contributed by atoms with E-state index in [4.69, 9.17) is 5.11 Å². The monoisotopic (exact) mass is 261 g/mol. The fourth-order valence-electron chi connectivity index (χ4n) is 2.83. The topological polar surface area (TPSA) is 40.5 Å². The number of aliphatic hydroxyl groups excluding tert-OH is 1. The zero-order valence-electron chi connectivity index (χ0n) is 11.8. The number of carbonyl (C=O) groups excluding carboxylic acids is 1. The highest BCUT2D eigenvalue weighted by atomic mass is 16.3. The Labute approximate surface area is 115 Å². The molecule has 0 radical (unpaired) electrons. The fraction of sp³-hybridized carbons (Fsp3) is 0.562. The molecule has 1 aromatic carbocycles. The highest BCUT2D eigenvalue weighted by Crippen LogP contribution is 2.30. The van der Waals surface area contributed by atoms with Gasteiger partial charge in [0, 0.05) is 25.3 Å². The third-order valence-corrected chi connectivity index (χ3v) is 4.17. The standard InChI is InChI=1S/C16H23NO2/c1-12-4-3-5-15(10-12)17(2)16(19)14-8-6-13(11-18)7-9-14/h3-5,10,13-14,18H,6-9,11H2,1-2H3. The number of rotatable bonds is 3. The van der Waals surface area contributed by atoms with Gasteiger partial charge in [0.05, 0.1) is 0 Å². The quantitative estimate of drug-likeness (QED) is 0.909. The van der Waals surface area contributed by atoms with Crippen LogP contribution < -0.4 is 4.90 Å². The minimum atomic E-state index is 0.119. The van der Waals surface area contributed by atoms with Crippen LogP contribution in [-0.4, -0.2) is 24.7 Å². The van der Waals surface area contributed by atoms with Crippen LogP contribution >= 0.6 is 0 Å². The minimum absolute atomic E-state index is 0.119. The summed E-state index contributed by atoms with van der Waals surface area (Å²) in [6.07, 6.45) is 3.74. The van der Waals surface area contributed by atoms with Crippen molar-refractivity contribution in [2.45, 2.75) is 32.6 Å². The van der Waals surface area contributed by atoms with Crippen molar-refractivity contribution in [2.24, 2.45) is 11.8 Å². The molecule has 0 bridgehead atoms. The minimum Gasteiger partial charge on any atom is -0.396 e. The number of amides is 1. The molecule has 104 valence electrons. The highest BCUT2D eigenvalue weighted by Gasteiger charge is 2.28. The van der Waals surface area contributed by atoms with E-state index in [-0.39, 0.29) is 18.4 Å². The van der Waals surface area contributed by atoms with Crippen molar-refractivity contribution in [3.63, 3.8) is 0 Å². The molecule has 0 spiro atoms. The Bertz CT molecular complexity index is 436. The molecule has 0 atom stereocenters. The zero-order chi connectivity index (χ0) is 13.8. The predicted molar refractivity (Wildman–Crippen MR) is 77.1 cm³/mol. The van der Waals surface area contributed by atoms with Crippen LogP contribution in [0.15, 0.2) is 24.3 Å². The van der Waals surface area contributed by atoms with E-state index in [1.165, 1.54) is 5.56 Å². The normalized spacial score (nSPS) is 23.1. The number of hydrogen-bond acceptors (Lipinski definition) is 2. The van der Waals surface area contributed by atoms with E-state index >= 15 is 0 Å². The number of hydrogen-bond donors (Lipinski definition) is 1. The van der Waals surface area contributed by atoms with Gasteiger partial charge in [-0.15, -0.1) is 0 Å². The number of aryl methyl sites for hydroxylation is 1. The molecule has 0 unspecified atom stereocenters. The Balaban J connectivity index is 2.00. The molecule has 2 rings (SSSR count). The predicted octanol–water partition coefficient (Wildman–Crippen LogP) is 2.76. The fourth-order valence-corrected chi connectivity index (χ4v) is 2.83. The first-order valence-electron chi connectivity index (χ1n) is 7.07. The first-order chi connectivity index (χ1) is 9.11. The molecule has 0 heterocycles. The molecule has 0 aromatic heterocycles. The van der Waals surface area contributed by atoms with E-state index in [0.29, 0.717) is 5.92 Å². The van der Waals surface area contributed by atoms with Crippen molar-refractivity contribution in [2.75, 3.05) is 18.6 Å². The van der Waals surface area contributed by atoms with Crippen LogP contribution in [0.1, 0.15) is 31.2 Å². The van der Waals surface area contributed by atoms with Crippen LogP contribution in [0.3, 0.4) is 0 Å². The average molecular weight is 261 g/mol. The van der Waals surface area contributed by atoms with Crippen molar-refractivity contribution < 1.29 is 9.90 Å². The second-order valence-corrected chi connectivity index (χ2v) is 5.64. The Morgan fingerprint density at radius 2 is 2.00 bits per heavy atom. The molecule has 1 aliphatic rings. The summed E-state index contributed by atoms with van der Waals surface area (Å²) in [7, 11) is 1.86. The zero-order valence-corrected chi connectivity index (χ0v) is 11.8. The van der Waals surface area contributed by atoms with Gasteiger partial charge in [-0.1, -0.05) is 12.1 Å². The summed E-state index contributed by atoms with van der Waals surface area (Å²) in [6.45, 7) is 2.29. The Morgan fingerprint density at radius 3 is 2.58 bits per heavy atom. The summed E-state index contributed by atoms with van der Waals surface area (Å²) in [5, 5.41) is 9.14. The molecule has 1 N–H and O–H groups in total. The maximum Gasteiger partial charge on any atom is 0.229 e. The molecular formula is C16H23NO2. The van der Waals surface area contributed by atoms with Gasteiger partial charge >= 0.3 is 0 Å². The summed E-state index contributed by atoms with van der Waals surface area (Å²) in [4.78, 5) is 14.2. The molecule has 3 nitrogen and oxygen atoms in total. The number of nitrogens with zero attached hydrogens (tertiary/aromatic N) is 1. The molecule has 1 aromatic rings. The number of aliphatic hydroxyl groups is 1. The average Bonchev–Trinajstić information content (AvgIpc) is 2.46. The van der Waals surface area contributed by atoms with Crippen LogP contribution in [0.25, 0.3) is 0 Å². The van der Waals surface area contributed by atoms with Gasteiger partial charge in [0.15, 0.2) is 0 Å². The van der Waals surface area contributed by atoms with E-state index in [1.54, 1.807) is 4.90 Å². The van der Waals surface area contributed by atoms with Crippen molar-refractivity contribution >= 4 is 11.6 Å². The summed E-state index contributed by atoms with van der Waals surface area (Å²) in [5.74, 6) is 0.726. The Hall–Kier alpha value is -1.35. The van der Waals surface area contributed by atoms with Crippen LogP contribution in [0.2, 0.25) is 0 Å². The summed E-state index contributed by atoms with van der Waals surface area (Å²) in [6, 6.07) is 8.03. The smallest absolute Gasteiger partial charge is 0.229 e. The van der Waals surface area contributed by atoms with E-state index in [2.05, 4.69) is 0 Å². The van der Waals surface area contributed by atoms with Gasteiger partial charge in [0.1, 0.15) is 0 Å². The number of carbonyl (C=O) groups is 1. The lowest BCUT2D eigenvalue weighted by Crippen LogP contribution is -2.35. The van der Waals surface area contributed by atoms with Crippen molar-refractivity contribution in [1.29, 1.82) is 0 Å². The van der Waals surface area contributed by atoms with Gasteiger partial charge in [0.2, 0.25) is 5.91 Å². The van der Waals surface area contributed by atoms with E-state index in [9.17, 15) is 4.79 Å². The Kier molecular flexibility index (Phi) is 4.59. The highest BCUT2D eigenvalue weighted by molar-refractivity contribution is 5.94. The van der Waals surface area contributed by atoms with E-state index in [0.717, 1.165) is 31.4 Å². The molecule has 19 heavy (non-hydrogen) atoms. The van der Waals surface area contributed by atoms with Gasteiger partial charge in [0.25, 0.3) is 0 Å². The van der Waals surface area contributed by atoms with Gasteiger partial charge in [-0.3, -0.25) is 4.79 Å². The first kappa shape index (κ1) is 14.1. The molecule has 1 amide bonds. The van der Waals surface area contributed by atoms with Crippen molar-refractivity contribution in [1.82, 2.24) is 0 Å². The molecule has 1 fully saturated rings. The van der Waals surface area contributed by atoms with E-state index in [1.807, 2.05) is 38.2 Å². The second kappa shape index (κ2) is 6.20. The lowest BCUT2D eigenvalue weighted by Gasteiger charge is -2.29. The van der Waals surface area contributed by atoms with Gasteiger partial charge in [-0.2, -0.15) is 0 Å². The molecular weight excluding hydrogens is 238 g/mol. The molecule has 0 aliphatic heterocycles. The molecule has 1 aliphatic carbocycles. The van der Waals surface area contributed by atoms with Crippen LogP contribution in [0, 0.1) is 18.8 Å². The van der Waals surface area contributed by atoms with Gasteiger partial charge in [-0.25, -0.2) is 0 Å². The van der Waals surface area contributed by atoms with Crippen LogP contribution in [-0.2, 0) is 4.79 Å². The van der Waals surface area contributed by atoms with Gasteiger partial charge < -0.3 is 10.0 Å². The lowest BCUT2D eigenvalue weighted by molar-refractivity contribution is -0.123. The summed E-state index contributed by atoms with van der Waals surface area (Å²) in [5.41, 5.74) is 2.13. The lowest BCUT2D eigenvalue weighted by atomic mass is 9.82. The first-order valence-corrected chi connectivity index (χ1v) is 7.07. The SMILES string of the molecule is Cc1cccc(N(C)C(=O)C2CCC(CO)CC2)c1. The largest absolute Gasteiger partial charge is 0.396 e. The molecule has 0 saturated heterocycles. The molecule has 1 saturated carbocycles. The summed E-state index contributed by atoms with van der Waals surface area (Å²) >= 11 is 0. The third-order valence-electron chi connectivity index (χ3n) is 4.17. The third kappa shape index (κ3) is 3.35. The molecule has 3 heteroatoms. The van der Waals surface area contributed by atoms with Crippen molar-refractivity contribution in [3.05, 3.63) is 29.8 Å². The van der Waals surface area contributed by atoms with E-state index < -0.39 is 0 Å².